The molecule has 0 amide bonds. The van der Waals surface area contributed by atoms with Crippen LogP contribution in [0.25, 0.3) is 0 Å². The molecule has 2 aromatic rings. The van der Waals surface area contributed by atoms with Crippen LogP contribution in [0.15, 0.2) is 36.4 Å². The Bertz CT molecular complexity index is 581. The molecule has 0 aliphatic rings. The molecule has 1 atom stereocenters. The summed E-state index contributed by atoms with van der Waals surface area (Å²) in [5.41, 5.74) is 7.37. The molecule has 0 spiro atoms. The van der Waals surface area contributed by atoms with Crippen LogP contribution in [0.2, 0.25) is 15.1 Å². The van der Waals surface area contributed by atoms with Crippen LogP contribution in [0, 0.1) is 5.82 Å². The van der Waals surface area contributed by atoms with E-state index in [1.54, 1.807) is 30.3 Å². The Kier molecular flexibility index (Phi) is 4.69. The van der Waals surface area contributed by atoms with Crippen molar-refractivity contribution in [2.75, 3.05) is 0 Å². The van der Waals surface area contributed by atoms with Crippen LogP contribution in [0.1, 0.15) is 17.2 Å². The summed E-state index contributed by atoms with van der Waals surface area (Å²) in [4.78, 5) is 0. The van der Waals surface area contributed by atoms with Crippen LogP contribution >= 0.6 is 34.8 Å². The lowest BCUT2D eigenvalue weighted by Gasteiger charge is -2.16. The lowest BCUT2D eigenvalue weighted by Crippen LogP contribution is -2.15. The van der Waals surface area contributed by atoms with Gasteiger partial charge in [0.05, 0.1) is 5.02 Å². The zero-order valence-electron chi connectivity index (χ0n) is 9.84. The SMILES string of the molecule is NC(Cc1cccc(F)c1Cl)c1c(Cl)cccc1Cl. The van der Waals surface area contributed by atoms with Crippen molar-refractivity contribution in [1.29, 1.82) is 0 Å². The van der Waals surface area contributed by atoms with E-state index in [-0.39, 0.29) is 5.02 Å². The van der Waals surface area contributed by atoms with Gasteiger partial charge in [-0.2, -0.15) is 0 Å². The summed E-state index contributed by atoms with van der Waals surface area (Å²) < 4.78 is 13.4. The standard InChI is InChI=1S/C14H11Cl3FN/c15-9-4-2-5-10(16)13(9)12(19)7-8-3-1-6-11(18)14(8)17/h1-6,12H,7,19H2. The number of nitrogens with two attached hydrogens (primary N) is 1. The predicted octanol–water partition coefficient (Wildman–Crippen LogP) is 5.03. The van der Waals surface area contributed by atoms with E-state index in [0.29, 0.717) is 27.6 Å². The van der Waals surface area contributed by atoms with Crippen molar-refractivity contribution in [3.63, 3.8) is 0 Å². The number of halogens is 4. The smallest absolute Gasteiger partial charge is 0.142 e. The molecule has 0 aliphatic heterocycles. The molecule has 100 valence electrons. The Morgan fingerprint density at radius 2 is 1.58 bits per heavy atom. The number of hydrogen-bond acceptors (Lipinski definition) is 1. The second-order valence-electron chi connectivity index (χ2n) is 4.16. The molecule has 5 heteroatoms. The first-order chi connectivity index (χ1) is 9.00. The van der Waals surface area contributed by atoms with E-state index in [4.69, 9.17) is 40.5 Å². The first-order valence-corrected chi connectivity index (χ1v) is 6.76. The number of hydrogen-bond donors (Lipinski definition) is 1. The van der Waals surface area contributed by atoms with Gasteiger partial charge in [0.25, 0.3) is 0 Å². The third-order valence-corrected chi connectivity index (χ3v) is 3.92. The van der Waals surface area contributed by atoms with Gasteiger partial charge in [-0.25, -0.2) is 4.39 Å². The first kappa shape index (κ1) is 14.6. The zero-order valence-corrected chi connectivity index (χ0v) is 12.1. The summed E-state index contributed by atoms with van der Waals surface area (Å²) >= 11 is 18.1. The van der Waals surface area contributed by atoms with Crippen LogP contribution in [0.5, 0.6) is 0 Å². The Labute approximate surface area is 126 Å². The topological polar surface area (TPSA) is 26.0 Å². The molecule has 0 bridgehead atoms. The van der Waals surface area contributed by atoms with Gasteiger partial charge >= 0.3 is 0 Å². The van der Waals surface area contributed by atoms with Gasteiger partial charge < -0.3 is 5.73 Å². The summed E-state index contributed by atoms with van der Waals surface area (Å²) in [7, 11) is 0. The van der Waals surface area contributed by atoms with Crippen molar-refractivity contribution in [3.05, 3.63) is 68.4 Å². The normalized spacial score (nSPS) is 12.5. The monoisotopic (exact) mass is 317 g/mol. The minimum Gasteiger partial charge on any atom is -0.324 e. The lowest BCUT2D eigenvalue weighted by atomic mass is 9.99. The van der Waals surface area contributed by atoms with Crippen LogP contribution in [-0.2, 0) is 6.42 Å². The lowest BCUT2D eigenvalue weighted by molar-refractivity contribution is 0.622. The van der Waals surface area contributed by atoms with Gasteiger partial charge in [0, 0.05) is 21.7 Å². The molecule has 0 fully saturated rings. The highest BCUT2D eigenvalue weighted by Gasteiger charge is 2.16. The quantitative estimate of drug-likeness (QED) is 0.844. The van der Waals surface area contributed by atoms with Gasteiger partial charge in [0.2, 0.25) is 0 Å². The molecule has 1 nitrogen and oxygen atoms in total. The molecule has 0 aromatic heterocycles. The minimum atomic E-state index is -0.461. The molecule has 19 heavy (non-hydrogen) atoms. The average molecular weight is 319 g/mol. The van der Waals surface area contributed by atoms with Gasteiger partial charge in [-0.05, 0) is 30.2 Å². The molecule has 0 saturated heterocycles. The van der Waals surface area contributed by atoms with Crippen molar-refractivity contribution in [2.24, 2.45) is 5.73 Å². The fourth-order valence-electron chi connectivity index (χ4n) is 1.91. The van der Waals surface area contributed by atoms with Gasteiger partial charge in [0.1, 0.15) is 5.82 Å². The second kappa shape index (κ2) is 6.10. The van der Waals surface area contributed by atoms with Gasteiger partial charge in [0.15, 0.2) is 0 Å². The highest BCUT2D eigenvalue weighted by molar-refractivity contribution is 6.36. The van der Waals surface area contributed by atoms with Crippen molar-refractivity contribution in [2.45, 2.75) is 12.5 Å². The third-order valence-electron chi connectivity index (χ3n) is 2.84. The number of benzene rings is 2. The molecule has 0 heterocycles. The maximum Gasteiger partial charge on any atom is 0.142 e. The van der Waals surface area contributed by atoms with E-state index >= 15 is 0 Å². The Morgan fingerprint density at radius 3 is 2.21 bits per heavy atom. The third kappa shape index (κ3) is 3.21. The Morgan fingerprint density at radius 1 is 1.00 bits per heavy atom. The molecule has 2 aromatic carbocycles. The minimum absolute atomic E-state index is 0.0844. The van der Waals surface area contributed by atoms with Crippen LogP contribution < -0.4 is 5.73 Å². The largest absolute Gasteiger partial charge is 0.324 e. The summed E-state index contributed by atoms with van der Waals surface area (Å²) in [5, 5.41) is 1.07. The molecule has 0 radical (unpaired) electrons. The molecule has 1 unspecified atom stereocenters. The van der Waals surface area contributed by atoms with E-state index in [1.807, 2.05) is 0 Å². The molecule has 0 aliphatic carbocycles. The fourth-order valence-corrected chi connectivity index (χ4v) is 2.79. The maximum atomic E-state index is 13.4. The van der Waals surface area contributed by atoms with Gasteiger partial charge in [-0.3, -0.25) is 0 Å². The van der Waals surface area contributed by atoms with Crippen molar-refractivity contribution in [3.8, 4) is 0 Å². The first-order valence-electron chi connectivity index (χ1n) is 5.63. The van der Waals surface area contributed by atoms with Crippen molar-refractivity contribution in [1.82, 2.24) is 0 Å². The molecular weight excluding hydrogens is 308 g/mol. The van der Waals surface area contributed by atoms with E-state index in [1.165, 1.54) is 6.07 Å². The van der Waals surface area contributed by atoms with Crippen molar-refractivity contribution >= 4 is 34.8 Å². The van der Waals surface area contributed by atoms with Crippen LogP contribution in [0.3, 0.4) is 0 Å². The molecule has 0 saturated carbocycles. The summed E-state index contributed by atoms with van der Waals surface area (Å²) in [6.07, 6.45) is 0.361. The summed E-state index contributed by atoms with van der Waals surface area (Å²) in [6.45, 7) is 0. The van der Waals surface area contributed by atoms with E-state index in [9.17, 15) is 4.39 Å². The summed E-state index contributed by atoms with van der Waals surface area (Å²) in [6, 6.07) is 9.37. The molecule has 2 rings (SSSR count). The van der Waals surface area contributed by atoms with E-state index < -0.39 is 11.9 Å². The molecular formula is C14H11Cl3FN. The second-order valence-corrected chi connectivity index (χ2v) is 5.35. The number of rotatable bonds is 3. The van der Waals surface area contributed by atoms with Gasteiger partial charge in [-0.15, -0.1) is 0 Å². The predicted molar refractivity (Wildman–Crippen MR) is 78.5 cm³/mol. The highest BCUT2D eigenvalue weighted by Crippen LogP contribution is 2.32. The van der Waals surface area contributed by atoms with Gasteiger partial charge in [-0.1, -0.05) is 53.0 Å². The Balaban J connectivity index is 2.31. The average Bonchev–Trinajstić information content (AvgIpc) is 2.35. The van der Waals surface area contributed by atoms with Crippen LogP contribution in [0.4, 0.5) is 4.39 Å². The molecule has 2 N–H and O–H groups in total. The van der Waals surface area contributed by atoms with Crippen molar-refractivity contribution < 1.29 is 4.39 Å². The fraction of sp³-hybridized carbons (Fsp3) is 0.143. The van der Waals surface area contributed by atoms with E-state index in [0.717, 1.165) is 0 Å². The zero-order chi connectivity index (χ0) is 14.0. The summed E-state index contributed by atoms with van der Waals surface area (Å²) in [5.74, 6) is -0.461. The van der Waals surface area contributed by atoms with Crippen LogP contribution in [-0.4, -0.2) is 0 Å². The maximum absolute atomic E-state index is 13.4. The van der Waals surface area contributed by atoms with E-state index in [2.05, 4.69) is 0 Å². The Hall–Kier alpha value is -0.800. The highest BCUT2D eigenvalue weighted by atomic mass is 35.5.